The molecule has 0 aliphatic rings. The highest BCUT2D eigenvalue weighted by atomic mass is 32.1. The van der Waals surface area contributed by atoms with Crippen molar-refractivity contribution in [1.29, 1.82) is 0 Å². The lowest BCUT2D eigenvalue weighted by molar-refractivity contribution is 1.16. The first kappa shape index (κ1) is 19.0. The highest BCUT2D eigenvalue weighted by Gasteiger charge is 2.20. The van der Waals surface area contributed by atoms with Gasteiger partial charge in [0.15, 0.2) is 5.82 Å². The monoisotopic (exact) mass is 667 g/mol. The summed E-state index contributed by atoms with van der Waals surface area (Å²) in [7, 11) is 0. The molecule has 3 nitrogen and oxygen atoms in total. The van der Waals surface area contributed by atoms with Gasteiger partial charge in [0, 0.05) is 53.3 Å². The summed E-state index contributed by atoms with van der Waals surface area (Å²) >= 11 is 1.57. The van der Waals surface area contributed by atoms with Gasteiger partial charge in [0.1, 0.15) is 0 Å². The summed E-state index contributed by atoms with van der Waals surface area (Å²) in [6, 6.07) is 25.5. The Morgan fingerprint density at radius 2 is 1.20 bits per heavy atom. The van der Waals surface area contributed by atoms with Gasteiger partial charge in [0.05, 0.1) is 38.9 Å². The molecule has 4 heteroatoms. The molecule has 0 aliphatic heterocycles. The zero-order valence-corrected chi connectivity index (χ0v) is 26.9. The molecule has 3 heterocycles. The van der Waals surface area contributed by atoms with E-state index in [1.165, 1.54) is 0 Å². The number of para-hydroxylation sites is 3. The van der Waals surface area contributed by atoms with Crippen LogP contribution in [0.5, 0.6) is 0 Å². The van der Waals surface area contributed by atoms with Gasteiger partial charge in [-0.15, -0.1) is 11.3 Å². The molecule has 0 amide bonds. The van der Waals surface area contributed by atoms with Gasteiger partial charge in [-0.25, -0.2) is 9.97 Å². The summed E-state index contributed by atoms with van der Waals surface area (Å²) in [5, 5.41) is 1.64. The van der Waals surface area contributed by atoms with E-state index in [9.17, 15) is 2.74 Å². The van der Waals surface area contributed by atoms with Crippen molar-refractivity contribution in [3.8, 4) is 50.7 Å². The van der Waals surface area contributed by atoms with Gasteiger partial charge in [0.2, 0.25) is 0 Å². The van der Waals surface area contributed by atoms with E-state index < -0.39 is 78.2 Å². The largest absolute Gasteiger partial charge is 0.309 e. The van der Waals surface area contributed by atoms with Crippen LogP contribution in [-0.2, 0) is 0 Å². The first-order valence-corrected chi connectivity index (χ1v) is 16.7. The van der Waals surface area contributed by atoms with Crippen molar-refractivity contribution >= 4 is 53.3 Å². The van der Waals surface area contributed by atoms with Crippen molar-refractivity contribution < 1.29 is 16.4 Å². The summed E-state index contributed by atoms with van der Waals surface area (Å²) in [6.45, 7) is 0. The van der Waals surface area contributed by atoms with Crippen LogP contribution in [0.15, 0.2) is 176 Å². The molecular weight excluding hydrogens is 627 g/mol. The zero-order chi connectivity index (χ0) is 43.5. The topological polar surface area (TPSA) is 30.7 Å². The number of thiophene rings is 1. The molecule has 0 radical (unpaired) electrons. The van der Waals surface area contributed by atoms with E-state index >= 15 is 0 Å². The third kappa shape index (κ3) is 4.65. The molecule has 0 aliphatic carbocycles. The molecule has 7 aromatic carbocycles. The average Bonchev–Trinajstić information content (AvgIpc) is 3.85. The van der Waals surface area contributed by atoms with Crippen molar-refractivity contribution in [2.24, 2.45) is 0 Å². The predicted octanol–water partition coefficient (Wildman–Crippen LogP) is 12.6. The van der Waals surface area contributed by atoms with Crippen LogP contribution in [0.3, 0.4) is 0 Å². The fourth-order valence-corrected chi connectivity index (χ4v) is 7.78. The second-order valence-corrected chi connectivity index (χ2v) is 12.7. The summed E-state index contributed by atoms with van der Waals surface area (Å²) in [4.78, 5) is 10.2. The van der Waals surface area contributed by atoms with E-state index in [1.54, 1.807) is 17.4 Å². The fraction of sp³-hybridized carbons (Fsp3) is 0. The summed E-state index contributed by atoms with van der Waals surface area (Å²) in [5.74, 6) is 0.255. The lowest BCUT2D eigenvalue weighted by Gasteiger charge is -2.14. The van der Waals surface area contributed by atoms with E-state index in [0.717, 1.165) is 35.9 Å². The number of nitrogens with zero attached hydrogens (tertiary/aromatic N) is 3. The minimum absolute atomic E-state index is 0.0745. The number of rotatable bonds is 5. The number of hydrogen-bond acceptors (Lipinski definition) is 3. The number of fused-ring (bicyclic) bond motifs is 6. The molecule has 0 saturated carbocycles. The van der Waals surface area contributed by atoms with E-state index in [1.807, 2.05) is 97.1 Å². The van der Waals surface area contributed by atoms with Gasteiger partial charge >= 0.3 is 0 Å². The van der Waals surface area contributed by atoms with Crippen molar-refractivity contribution in [3.63, 3.8) is 0 Å². The molecule has 0 unspecified atom stereocenters. The maximum Gasteiger partial charge on any atom is 0.161 e. The van der Waals surface area contributed by atoms with Crippen LogP contribution >= 0.6 is 11.3 Å². The molecule has 0 N–H and O–H groups in total. The number of aromatic nitrogens is 3. The van der Waals surface area contributed by atoms with Crippen LogP contribution < -0.4 is 0 Å². The zero-order valence-electron chi connectivity index (χ0n) is 38.1. The molecule has 50 heavy (non-hydrogen) atoms. The summed E-state index contributed by atoms with van der Waals surface area (Å²) < 4.78 is 110. The number of hydrogen-bond donors (Lipinski definition) is 0. The summed E-state index contributed by atoms with van der Waals surface area (Å²) in [5.41, 5.74) is 2.82. The first-order chi connectivity index (χ1) is 29.8. The van der Waals surface area contributed by atoms with E-state index in [-0.39, 0.29) is 38.9 Å². The van der Waals surface area contributed by atoms with Gasteiger partial charge < -0.3 is 4.57 Å². The SMILES string of the molecule is [2H]c1c([2H])c([2H])c(-n2c3c([2H])c([2H])c([2H])c([2H])c3c3c([2H])c([2H])c([2H])c(-c4cc(-c5ccc(-c6ccccc6)cc5)nc(-c5cccc6c5sc5ccccc56)n4)c32)c([2H])c1[2H]. The van der Waals surface area contributed by atoms with Crippen molar-refractivity contribution in [2.75, 3.05) is 0 Å². The van der Waals surface area contributed by atoms with Gasteiger partial charge in [-0.2, -0.15) is 0 Å². The van der Waals surface area contributed by atoms with Gasteiger partial charge in [-0.1, -0.05) is 139 Å². The maximum atomic E-state index is 9.54. The maximum absolute atomic E-state index is 9.54. The quantitative estimate of drug-likeness (QED) is 0.183. The molecule has 0 fully saturated rings. The fourth-order valence-electron chi connectivity index (χ4n) is 6.57. The van der Waals surface area contributed by atoms with Gasteiger partial charge in [0.25, 0.3) is 0 Å². The second-order valence-electron chi connectivity index (χ2n) is 11.7. The molecule has 234 valence electrons. The minimum Gasteiger partial charge on any atom is -0.309 e. The lowest BCUT2D eigenvalue weighted by atomic mass is 10.0. The van der Waals surface area contributed by atoms with Crippen LogP contribution in [-0.4, -0.2) is 14.5 Å². The molecular formula is C46H29N3S. The van der Waals surface area contributed by atoms with E-state index in [4.69, 9.17) is 23.7 Å². The van der Waals surface area contributed by atoms with Gasteiger partial charge in [-0.3, -0.25) is 0 Å². The van der Waals surface area contributed by atoms with Crippen LogP contribution in [0.2, 0.25) is 0 Å². The smallest absolute Gasteiger partial charge is 0.161 e. The predicted molar refractivity (Wildman–Crippen MR) is 211 cm³/mol. The highest BCUT2D eigenvalue weighted by molar-refractivity contribution is 7.26. The Morgan fingerprint density at radius 3 is 2.08 bits per heavy atom. The van der Waals surface area contributed by atoms with Crippen molar-refractivity contribution in [3.05, 3.63) is 176 Å². The third-order valence-corrected chi connectivity index (χ3v) is 10.1. The molecule has 0 spiro atoms. The Labute approximate surface area is 310 Å². The Kier molecular flexibility index (Phi) is 4.43. The van der Waals surface area contributed by atoms with Crippen LogP contribution in [0.25, 0.3) is 92.7 Å². The Morgan fingerprint density at radius 1 is 0.500 bits per heavy atom. The average molecular weight is 668 g/mol. The standard InChI is InChI=1S/C46H29N3S/c1-3-13-30(14-4-1)31-25-27-32(28-26-31)40-29-41(48-46(47-40)39-22-12-20-37-35-18-8-10-24-43(35)50-45(37)39)38-21-11-19-36-34-17-7-9-23-42(34)49(44(36)38)33-15-5-2-6-16-33/h1-29H/i2D,5D,6D,7D,9D,11D,15D,16D,17D,19D,21D,23D. The van der Waals surface area contributed by atoms with Crippen molar-refractivity contribution in [1.82, 2.24) is 14.5 Å². The molecule has 10 rings (SSSR count). The second kappa shape index (κ2) is 11.7. The van der Waals surface area contributed by atoms with Crippen LogP contribution in [0, 0.1) is 0 Å². The highest BCUT2D eigenvalue weighted by Crippen LogP contribution is 2.42. The lowest BCUT2D eigenvalue weighted by Crippen LogP contribution is -1.99. The van der Waals surface area contributed by atoms with Crippen molar-refractivity contribution in [2.45, 2.75) is 0 Å². The Hall–Kier alpha value is -6.36. The molecule has 0 bridgehead atoms. The minimum atomic E-state index is -0.699. The Balaban J connectivity index is 1.38. The van der Waals surface area contributed by atoms with Gasteiger partial charge in [-0.05, 0) is 47.5 Å². The number of benzene rings is 7. The molecule has 0 saturated heterocycles. The molecule has 3 aromatic heterocycles. The molecule has 10 aromatic rings. The van der Waals surface area contributed by atoms with Crippen LogP contribution in [0.4, 0.5) is 0 Å². The van der Waals surface area contributed by atoms with Crippen LogP contribution in [0.1, 0.15) is 16.4 Å². The first-order valence-electron chi connectivity index (χ1n) is 21.9. The van der Waals surface area contributed by atoms with E-state index in [0.29, 0.717) is 16.8 Å². The van der Waals surface area contributed by atoms with E-state index in [2.05, 4.69) is 0 Å². The Bertz CT molecular complexity index is 3520. The normalized spacial score (nSPS) is 15.0. The summed E-state index contributed by atoms with van der Waals surface area (Å²) in [6.07, 6.45) is 0. The third-order valence-electron chi connectivity index (χ3n) is 8.84. The molecule has 0 atom stereocenters.